The number of aryl methyl sites for hydroxylation is 2. The molecule has 0 amide bonds. The smallest absolute Gasteiger partial charge is 0.255 e. The molecule has 1 rings (SSSR count). The molecule has 1 aromatic heterocycles. The van der Waals surface area contributed by atoms with Crippen LogP contribution in [0.5, 0.6) is 0 Å². The highest BCUT2D eigenvalue weighted by Gasteiger charge is 2.13. The van der Waals surface area contributed by atoms with Gasteiger partial charge in [0, 0.05) is 23.8 Å². The summed E-state index contributed by atoms with van der Waals surface area (Å²) in [5.74, 6) is 0. The van der Waals surface area contributed by atoms with Crippen molar-refractivity contribution in [1.82, 2.24) is 9.88 Å². The highest BCUT2D eigenvalue weighted by atomic mass is 16.1. The molecule has 1 N–H and O–H groups in total. The molecular weight excluding hydrogens is 236 g/mol. The van der Waals surface area contributed by atoms with Crippen molar-refractivity contribution in [1.29, 1.82) is 0 Å². The van der Waals surface area contributed by atoms with Crippen molar-refractivity contribution in [3.05, 3.63) is 33.2 Å². The van der Waals surface area contributed by atoms with Crippen LogP contribution in [0, 0.1) is 13.8 Å². The average Bonchev–Trinajstić information content (AvgIpc) is 2.37. The number of unbranched alkanes of at least 4 members (excludes halogenated alkanes) is 1. The number of hydrogen-bond acceptors (Lipinski definition) is 2. The van der Waals surface area contributed by atoms with E-state index in [9.17, 15) is 4.79 Å². The Labute approximate surface area is 117 Å². The minimum atomic E-state index is 0.177. The minimum absolute atomic E-state index is 0.177. The zero-order valence-electron chi connectivity index (χ0n) is 13.0. The lowest BCUT2D eigenvalue weighted by Gasteiger charge is -2.19. The van der Waals surface area contributed by atoms with Crippen molar-refractivity contribution in [2.24, 2.45) is 0 Å². The summed E-state index contributed by atoms with van der Waals surface area (Å²) in [6, 6.07) is 2.40. The molecule has 0 aliphatic heterocycles. The normalized spacial score (nSPS) is 12.7. The summed E-state index contributed by atoms with van der Waals surface area (Å²) < 4.78 is 1.93. The second kappa shape index (κ2) is 7.49. The van der Waals surface area contributed by atoms with Crippen molar-refractivity contribution >= 4 is 0 Å². The molecule has 0 radical (unpaired) electrons. The van der Waals surface area contributed by atoms with E-state index in [0.717, 1.165) is 36.2 Å². The van der Waals surface area contributed by atoms with Gasteiger partial charge in [-0.05, 0) is 51.8 Å². The monoisotopic (exact) mass is 264 g/mol. The largest absolute Gasteiger partial charge is 0.312 e. The topological polar surface area (TPSA) is 34.0 Å². The lowest BCUT2D eigenvalue weighted by Crippen LogP contribution is -2.31. The van der Waals surface area contributed by atoms with Crippen LogP contribution in [-0.2, 0) is 6.54 Å². The van der Waals surface area contributed by atoms with E-state index in [1.165, 1.54) is 6.42 Å². The second-order valence-corrected chi connectivity index (χ2v) is 5.41. The van der Waals surface area contributed by atoms with Crippen LogP contribution >= 0.6 is 0 Å². The zero-order chi connectivity index (χ0) is 14.4. The Morgan fingerprint density at radius 2 is 2.00 bits per heavy atom. The summed E-state index contributed by atoms with van der Waals surface area (Å²) in [6.07, 6.45) is 3.31. The van der Waals surface area contributed by atoms with Crippen molar-refractivity contribution in [2.75, 3.05) is 6.54 Å². The van der Waals surface area contributed by atoms with Gasteiger partial charge in [0.2, 0.25) is 0 Å². The Balaban J connectivity index is 3.01. The molecule has 0 bridgehead atoms. The van der Waals surface area contributed by atoms with Crippen LogP contribution in [0.2, 0.25) is 0 Å². The average molecular weight is 264 g/mol. The first-order chi connectivity index (χ1) is 9.02. The maximum atomic E-state index is 12.6. The van der Waals surface area contributed by atoms with Gasteiger partial charge < -0.3 is 9.88 Å². The van der Waals surface area contributed by atoms with Crippen LogP contribution in [0.25, 0.3) is 0 Å². The maximum Gasteiger partial charge on any atom is 0.255 e. The van der Waals surface area contributed by atoms with Gasteiger partial charge in [-0.3, -0.25) is 4.79 Å². The second-order valence-electron chi connectivity index (χ2n) is 5.41. The molecule has 0 aliphatic carbocycles. The molecule has 0 saturated carbocycles. The third-order valence-electron chi connectivity index (χ3n) is 3.80. The van der Waals surface area contributed by atoms with Crippen LogP contribution in [-0.4, -0.2) is 11.1 Å². The quantitative estimate of drug-likeness (QED) is 0.767. The van der Waals surface area contributed by atoms with Gasteiger partial charge in [-0.1, -0.05) is 20.3 Å². The summed E-state index contributed by atoms with van der Waals surface area (Å²) in [4.78, 5) is 12.6. The van der Waals surface area contributed by atoms with Crippen molar-refractivity contribution < 1.29 is 0 Å². The molecule has 0 aromatic carbocycles. The van der Waals surface area contributed by atoms with E-state index in [0.29, 0.717) is 6.54 Å². The molecule has 108 valence electrons. The van der Waals surface area contributed by atoms with Gasteiger partial charge in [-0.2, -0.15) is 0 Å². The molecule has 0 saturated heterocycles. The Hall–Kier alpha value is -1.09. The Bertz CT molecular complexity index is 463. The molecule has 3 nitrogen and oxygen atoms in total. The van der Waals surface area contributed by atoms with Crippen molar-refractivity contribution in [3.63, 3.8) is 0 Å². The van der Waals surface area contributed by atoms with E-state index in [1.807, 2.05) is 18.4 Å². The number of rotatable bonds is 7. The Morgan fingerprint density at radius 3 is 2.58 bits per heavy atom. The predicted molar refractivity (Wildman–Crippen MR) is 81.8 cm³/mol. The first kappa shape index (κ1) is 16.0. The lowest BCUT2D eigenvalue weighted by atomic mass is 10.1. The fraction of sp³-hybridized carbons (Fsp3) is 0.688. The van der Waals surface area contributed by atoms with Crippen LogP contribution < -0.4 is 10.9 Å². The Kier molecular flexibility index (Phi) is 6.29. The molecule has 0 fully saturated rings. The molecule has 1 aromatic rings. The van der Waals surface area contributed by atoms with Gasteiger partial charge in [0.05, 0.1) is 0 Å². The summed E-state index contributed by atoms with van der Waals surface area (Å²) in [5.41, 5.74) is 3.26. The van der Waals surface area contributed by atoms with E-state index in [1.54, 1.807) is 0 Å². The summed E-state index contributed by atoms with van der Waals surface area (Å²) in [6.45, 7) is 12.1. The predicted octanol–water partition coefficient (Wildman–Crippen LogP) is 3.33. The minimum Gasteiger partial charge on any atom is -0.312 e. The van der Waals surface area contributed by atoms with Crippen LogP contribution in [0.4, 0.5) is 0 Å². The molecule has 19 heavy (non-hydrogen) atoms. The number of pyridine rings is 1. The highest BCUT2D eigenvalue weighted by molar-refractivity contribution is 5.26. The lowest BCUT2D eigenvalue weighted by molar-refractivity contribution is 0.495. The van der Waals surface area contributed by atoms with Crippen LogP contribution in [0.3, 0.4) is 0 Å². The first-order valence-corrected chi connectivity index (χ1v) is 7.45. The number of hydrogen-bond donors (Lipinski definition) is 1. The van der Waals surface area contributed by atoms with Gasteiger partial charge in [0.15, 0.2) is 0 Å². The molecule has 1 unspecified atom stereocenters. The van der Waals surface area contributed by atoms with Crippen LogP contribution in [0.15, 0.2) is 10.9 Å². The standard InChI is InChI=1S/C16H28N2O/c1-6-8-9-17-11-15-12(3)10-14(5)18(16(15)19)13(4)7-2/h10,13,17H,6-9,11H2,1-5H3. The van der Waals surface area contributed by atoms with Gasteiger partial charge in [-0.15, -0.1) is 0 Å². The van der Waals surface area contributed by atoms with E-state index < -0.39 is 0 Å². The summed E-state index contributed by atoms with van der Waals surface area (Å²) >= 11 is 0. The number of nitrogens with one attached hydrogen (secondary N) is 1. The Morgan fingerprint density at radius 1 is 1.32 bits per heavy atom. The van der Waals surface area contributed by atoms with Crippen LogP contribution in [0.1, 0.15) is 62.9 Å². The highest BCUT2D eigenvalue weighted by Crippen LogP contribution is 2.13. The molecule has 0 aliphatic rings. The fourth-order valence-electron chi connectivity index (χ4n) is 2.40. The van der Waals surface area contributed by atoms with Crippen molar-refractivity contribution in [2.45, 2.75) is 66.5 Å². The van der Waals surface area contributed by atoms with Gasteiger partial charge >= 0.3 is 0 Å². The number of aromatic nitrogens is 1. The molecule has 1 heterocycles. The maximum absolute atomic E-state index is 12.6. The fourth-order valence-corrected chi connectivity index (χ4v) is 2.40. The molecule has 0 spiro atoms. The summed E-state index contributed by atoms with van der Waals surface area (Å²) in [5, 5.41) is 3.37. The molecular formula is C16H28N2O. The summed E-state index contributed by atoms with van der Waals surface area (Å²) in [7, 11) is 0. The first-order valence-electron chi connectivity index (χ1n) is 7.45. The van der Waals surface area contributed by atoms with Crippen molar-refractivity contribution in [3.8, 4) is 0 Å². The van der Waals surface area contributed by atoms with Gasteiger partial charge in [0.1, 0.15) is 0 Å². The van der Waals surface area contributed by atoms with E-state index in [4.69, 9.17) is 0 Å². The number of nitrogens with zero attached hydrogens (tertiary/aromatic N) is 1. The zero-order valence-corrected chi connectivity index (χ0v) is 13.0. The van der Waals surface area contributed by atoms with E-state index in [2.05, 4.69) is 32.2 Å². The third-order valence-corrected chi connectivity index (χ3v) is 3.80. The van der Waals surface area contributed by atoms with E-state index >= 15 is 0 Å². The third kappa shape index (κ3) is 3.93. The molecule has 1 atom stereocenters. The van der Waals surface area contributed by atoms with E-state index in [-0.39, 0.29) is 11.6 Å². The van der Waals surface area contributed by atoms with Gasteiger partial charge in [-0.25, -0.2) is 0 Å². The van der Waals surface area contributed by atoms with Gasteiger partial charge in [0.25, 0.3) is 5.56 Å². The molecule has 3 heteroatoms. The SMILES string of the molecule is CCCCNCc1c(C)cc(C)n(C(C)CC)c1=O.